The Balaban J connectivity index is 1.94. The highest BCUT2D eigenvalue weighted by atomic mass is 32.2. The van der Waals surface area contributed by atoms with Crippen LogP contribution in [0.4, 0.5) is 13.2 Å². The van der Waals surface area contributed by atoms with Gasteiger partial charge in [-0.05, 0) is 24.6 Å². The molecule has 2 aromatic rings. The third-order valence-electron chi connectivity index (χ3n) is 2.73. The topological polar surface area (TPSA) is 65.2 Å². The molecule has 124 valence electrons. The average molecular weight is 362 g/mol. The molecule has 0 saturated heterocycles. The van der Waals surface area contributed by atoms with Gasteiger partial charge < -0.3 is 10.5 Å². The zero-order valence-corrected chi connectivity index (χ0v) is 13.6. The van der Waals surface area contributed by atoms with E-state index in [1.807, 2.05) is 6.92 Å². The summed E-state index contributed by atoms with van der Waals surface area (Å²) < 4.78 is 40.8. The number of benzene rings is 1. The minimum atomic E-state index is -4.69. The number of thioether (sulfide) groups is 1. The Morgan fingerprint density at radius 1 is 1.35 bits per heavy atom. The number of nitrogens with zero attached hydrogens (tertiary/aromatic N) is 1. The molecule has 0 aliphatic rings. The van der Waals surface area contributed by atoms with Gasteiger partial charge >= 0.3 is 6.36 Å². The standard InChI is InChI=1S/C14H13F3N2O2S2/c1-8-11(6-12(18)20)23-13(19-8)22-7-9-2-4-10(5-3-9)21-14(15,16)17/h2-5H,6-7H2,1H3,(H2,18,20). The maximum absolute atomic E-state index is 12.1. The second kappa shape index (κ2) is 7.22. The van der Waals surface area contributed by atoms with Crippen LogP contribution in [0.3, 0.4) is 0 Å². The molecule has 0 aliphatic heterocycles. The lowest BCUT2D eigenvalue weighted by molar-refractivity contribution is -0.274. The van der Waals surface area contributed by atoms with Crippen molar-refractivity contribution in [1.82, 2.24) is 4.98 Å². The summed E-state index contributed by atoms with van der Waals surface area (Å²) in [6, 6.07) is 5.68. The molecule has 0 aliphatic carbocycles. The predicted molar refractivity (Wildman–Crippen MR) is 82.4 cm³/mol. The average Bonchev–Trinajstić information content (AvgIpc) is 2.76. The lowest BCUT2D eigenvalue weighted by Crippen LogP contribution is -2.16. The van der Waals surface area contributed by atoms with Gasteiger partial charge in [-0.25, -0.2) is 4.98 Å². The van der Waals surface area contributed by atoms with Crippen LogP contribution in [0.5, 0.6) is 5.75 Å². The number of aryl methyl sites for hydroxylation is 1. The van der Waals surface area contributed by atoms with Gasteiger partial charge in [-0.15, -0.1) is 24.5 Å². The molecule has 0 radical (unpaired) electrons. The Morgan fingerprint density at radius 2 is 2.00 bits per heavy atom. The van der Waals surface area contributed by atoms with Crippen molar-refractivity contribution in [2.45, 2.75) is 29.8 Å². The Kier molecular flexibility index (Phi) is 5.53. The first-order chi connectivity index (χ1) is 10.7. The van der Waals surface area contributed by atoms with Crippen LogP contribution in [0.2, 0.25) is 0 Å². The number of amides is 1. The molecule has 4 nitrogen and oxygen atoms in total. The minimum Gasteiger partial charge on any atom is -0.406 e. The summed E-state index contributed by atoms with van der Waals surface area (Å²) in [6.07, 6.45) is -4.53. The third kappa shape index (κ3) is 5.76. The van der Waals surface area contributed by atoms with Gasteiger partial charge in [0.2, 0.25) is 5.91 Å². The summed E-state index contributed by atoms with van der Waals surface area (Å²) in [6.45, 7) is 1.81. The highest BCUT2D eigenvalue weighted by Gasteiger charge is 2.30. The molecule has 2 N–H and O–H groups in total. The van der Waals surface area contributed by atoms with E-state index in [1.165, 1.54) is 35.2 Å². The molecule has 1 amide bonds. The van der Waals surface area contributed by atoms with Crippen molar-refractivity contribution in [2.75, 3.05) is 0 Å². The number of alkyl halides is 3. The summed E-state index contributed by atoms with van der Waals surface area (Å²) in [5, 5.41) is 0. The number of hydrogen-bond donors (Lipinski definition) is 1. The van der Waals surface area contributed by atoms with Crippen LogP contribution in [0.1, 0.15) is 16.1 Å². The Bertz CT molecular complexity index is 684. The van der Waals surface area contributed by atoms with E-state index in [2.05, 4.69) is 9.72 Å². The molecule has 0 atom stereocenters. The first kappa shape index (κ1) is 17.6. The van der Waals surface area contributed by atoms with Crippen molar-refractivity contribution in [3.05, 3.63) is 40.4 Å². The van der Waals surface area contributed by atoms with Gasteiger partial charge in [0.15, 0.2) is 4.34 Å². The van der Waals surface area contributed by atoms with Crippen molar-refractivity contribution < 1.29 is 22.7 Å². The fourth-order valence-corrected chi connectivity index (χ4v) is 3.92. The first-order valence-electron chi connectivity index (χ1n) is 6.45. The molecule has 0 unspecified atom stereocenters. The number of carbonyl (C=O) groups excluding carboxylic acids is 1. The van der Waals surface area contributed by atoms with Crippen molar-refractivity contribution in [1.29, 1.82) is 0 Å². The van der Waals surface area contributed by atoms with Crippen molar-refractivity contribution >= 4 is 29.0 Å². The van der Waals surface area contributed by atoms with Crippen LogP contribution in [0.15, 0.2) is 28.6 Å². The smallest absolute Gasteiger partial charge is 0.406 e. The molecule has 0 saturated carbocycles. The fourth-order valence-electron chi connectivity index (χ4n) is 1.72. The van der Waals surface area contributed by atoms with Gasteiger partial charge in [0.1, 0.15) is 5.75 Å². The molecule has 0 spiro atoms. The summed E-state index contributed by atoms with van der Waals surface area (Å²) in [4.78, 5) is 16.1. The lowest BCUT2D eigenvalue weighted by Gasteiger charge is -2.08. The van der Waals surface area contributed by atoms with E-state index in [-0.39, 0.29) is 12.2 Å². The van der Waals surface area contributed by atoms with Gasteiger partial charge in [0, 0.05) is 10.6 Å². The van der Waals surface area contributed by atoms with Crippen LogP contribution < -0.4 is 10.5 Å². The molecule has 9 heteroatoms. The Hall–Kier alpha value is -1.74. The van der Waals surface area contributed by atoms with Gasteiger partial charge in [-0.1, -0.05) is 23.9 Å². The van der Waals surface area contributed by atoms with Crippen LogP contribution in [-0.2, 0) is 17.0 Å². The maximum Gasteiger partial charge on any atom is 0.573 e. The number of primary amides is 1. The number of rotatable bonds is 6. The number of hydrogen-bond acceptors (Lipinski definition) is 5. The van der Waals surface area contributed by atoms with E-state index < -0.39 is 12.3 Å². The van der Waals surface area contributed by atoms with E-state index in [0.717, 1.165) is 20.5 Å². The molecule has 0 fully saturated rings. The Labute approximate surface area is 138 Å². The molecule has 0 bridgehead atoms. The monoisotopic (exact) mass is 362 g/mol. The summed E-state index contributed by atoms with van der Waals surface area (Å²) >= 11 is 2.84. The predicted octanol–water partition coefficient (Wildman–Crippen LogP) is 3.67. The van der Waals surface area contributed by atoms with Crippen molar-refractivity contribution in [3.8, 4) is 5.75 Å². The van der Waals surface area contributed by atoms with Gasteiger partial charge in [0.05, 0.1) is 12.1 Å². The number of thiazole rings is 1. The van der Waals surface area contributed by atoms with Crippen LogP contribution in [0, 0.1) is 6.92 Å². The zero-order chi connectivity index (χ0) is 17.0. The zero-order valence-electron chi connectivity index (χ0n) is 12.0. The minimum absolute atomic E-state index is 0.160. The summed E-state index contributed by atoms with van der Waals surface area (Å²) in [7, 11) is 0. The second-order valence-electron chi connectivity index (χ2n) is 4.61. The van der Waals surface area contributed by atoms with Crippen molar-refractivity contribution in [3.63, 3.8) is 0 Å². The van der Waals surface area contributed by atoms with E-state index in [4.69, 9.17) is 5.73 Å². The molecule has 23 heavy (non-hydrogen) atoms. The number of aromatic nitrogens is 1. The largest absolute Gasteiger partial charge is 0.573 e. The third-order valence-corrected chi connectivity index (χ3v) is 5.10. The van der Waals surface area contributed by atoms with E-state index in [1.54, 1.807) is 12.1 Å². The van der Waals surface area contributed by atoms with E-state index in [9.17, 15) is 18.0 Å². The fraction of sp³-hybridized carbons (Fsp3) is 0.286. The highest BCUT2D eigenvalue weighted by molar-refractivity contribution is 8.00. The lowest BCUT2D eigenvalue weighted by atomic mass is 10.2. The highest BCUT2D eigenvalue weighted by Crippen LogP contribution is 2.30. The van der Waals surface area contributed by atoms with Crippen molar-refractivity contribution in [2.24, 2.45) is 5.73 Å². The SMILES string of the molecule is Cc1nc(SCc2ccc(OC(F)(F)F)cc2)sc1CC(N)=O. The molecule has 1 heterocycles. The van der Waals surface area contributed by atoms with E-state index in [0.29, 0.717) is 5.75 Å². The van der Waals surface area contributed by atoms with Gasteiger partial charge in [-0.3, -0.25) is 4.79 Å². The van der Waals surface area contributed by atoms with Gasteiger partial charge in [-0.2, -0.15) is 0 Å². The molecule has 2 rings (SSSR count). The molecule has 1 aromatic carbocycles. The van der Waals surface area contributed by atoms with E-state index >= 15 is 0 Å². The van der Waals surface area contributed by atoms with Crippen LogP contribution in [0.25, 0.3) is 0 Å². The quantitative estimate of drug-likeness (QED) is 0.797. The first-order valence-corrected chi connectivity index (χ1v) is 8.25. The summed E-state index contributed by atoms with van der Waals surface area (Å²) in [5.41, 5.74) is 6.78. The molecular weight excluding hydrogens is 349 g/mol. The number of halogens is 3. The number of carbonyl (C=O) groups is 1. The van der Waals surface area contributed by atoms with Crippen LogP contribution in [-0.4, -0.2) is 17.3 Å². The normalized spacial score (nSPS) is 11.5. The number of nitrogens with two attached hydrogens (primary N) is 1. The molecular formula is C14H13F3N2O2S2. The second-order valence-corrected chi connectivity index (χ2v) is 6.92. The van der Waals surface area contributed by atoms with Gasteiger partial charge in [0.25, 0.3) is 0 Å². The molecule has 1 aromatic heterocycles. The summed E-state index contributed by atoms with van der Waals surface area (Å²) in [5.74, 6) is -0.108. The Morgan fingerprint density at radius 3 is 2.57 bits per heavy atom. The maximum atomic E-state index is 12.1. The van der Waals surface area contributed by atoms with Crippen LogP contribution >= 0.6 is 23.1 Å². The number of ether oxygens (including phenoxy) is 1.